The molecule has 1 N–H and O–H groups in total. The molecule has 1 aromatic carbocycles. The fourth-order valence-corrected chi connectivity index (χ4v) is 3.50. The first-order valence-corrected chi connectivity index (χ1v) is 9.79. The van der Waals surface area contributed by atoms with Gasteiger partial charge in [-0.1, -0.05) is 25.7 Å². The highest BCUT2D eigenvalue weighted by Crippen LogP contribution is 2.22. The Balaban J connectivity index is 1.84. The molecule has 0 aromatic heterocycles. The fraction of sp³-hybridized carbons (Fsp3) is 0.619. The molecule has 1 saturated carbocycles. The third-order valence-electron chi connectivity index (χ3n) is 4.76. The average molecular weight is 360 g/mol. The molecular formula is C21H32N2O3. The van der Waals surface area contributed by atoms with Gasteiger partial charge in [0.1, 0.15) is 5.75 Å². The van der Waals surface area contributed by atoms with Crippen LogP contribution >= 0.6 is 0 Å². The SMILES string of the molecule is CC(=O)N(CCC(=O)Nc1ccc(OC(C)C)cc1)C1CCCCCC1. The van der Waals surface area contributed by atoms with Gasteiger partial charge in [-0.05, 0) is 51.0 Å². The van der Waals surface area contributed by atoms with Gasteiger partial charge < -0.3 is 15.0 Å². The van der Waals surface area contributed by atoms with Crippen LogP contribution in [-0.2, 0) is 9.59 Å². The van der Waals surface area contributed by atoms with Gasteiger partial charge in [0.05, 0.1) is 6.10 Å². The number of amides is 2. The van der Waals surface area contributed by atoms with E-state index in [0.717, 1.165) is 24.3 Å². The van der Waals surface area contributed by atoms with Crippen molar-refractivity contribution < 1.29 is 14.3 Å². The van der Waals surface area contributed by atoms with Crippen LogP contribution in [0.4, 0.5) is 5.69 Å². The Kier molecular flexibility index (Phi) is 7.95. The zero-order chi connectivity index (χ0) is 18.9. The number of hydrogen-bond acceptors (Lipinski definition) is 3. The smallest absolute Gasteiger partial charge is 0.226 e. The Morgan fingerprint density at radius 2 is 1.73 bits per heavy atom. The number of carbonyl (C=O) groups excluding carboxylic acids is 2. The van der Waals surface area contributed by atoms with Gasteiger partial charge in [-0.25, -0.2) is 0 Å². The first-order chi connectivity index (χ1) is 12.5. The Labute approximate surface area is 157 Å². The molecule has 1 aliphatic rings. The summed E-state index contributed by atoms with van der Waals surface area (Å²) in [5.74, 6) is 0.788. The van der Waals surface area contributed by atoms with Gasteiger partial charge in [-0.3, -0.25) is 9.59 Å². The fourth-order valence-electron chi connectivity index (χ4n) is 3.50. The van der Waals surface area contributed by atoms with Gasteiger partial charge in [0, 0.05) is 31.6 Å². The monoisotopic (exact) mass is 360 g/mol. The Morgan fingerprint density at radius 3 is 2.27 bits per heavy atom. The molecule has 0 spiro atoms. The van der Waals surface area contributed by atoms with E-state index in [1.54, 1.807) is 6.92 Å². The lowest BCUT2D eigenvalue weighted by molar-refractivity contribution is -0.131. The van der Waals surface area contributed by atoms with Gasteiger partial charge >= 0.3 is 0 Å². The molecule has 1 aliphatic carbocycles. The molecule has 2 rings (SSSR count). The summed E-state index contributed by atoms with van der Waals surface area (Å²) in [4.78, 5) is 26.2. The molecule has 0 bridgehead atoms. The second-order valence-corrected chi connectivity index (χ2v) is 7.35. The summed E-state index contributed by atoms with van der Waals surface area (Å²) in [6, 6.07) is 7.66. The minimum absolute atomic E-state index is 0.0672. The molecule has 2 amide bonds. The molecule has 26 heavy (non-hydrogen) atoms. The summed E-state index contributed by atoms with van der Waals surface area (Å²) in [7, 11) is 0. The summed E-state index contributed by atoms with van der Waals surface area (Å²) in [5.41, 5.74) is 0.745. The van der Waals surface area contributed by atoms with Crippen LogP contribution in [0.1, 0.15) is 65.7 Å². The van der Waals surface area contributed by atoms with Crippen molar-refractivity contribution in [3.63, 3.8) is 0 Å². The maximum atomic E-state index is 12.3. The molecule has 144 valence electrons. The first kappa shape index (κ1) is 20.3. The van der Waals surface area contributed by atoms with Gasteiger partial charge in [0.15, 0.2) is 0 Å². The van der Waals surface area contributed by atoms with E-state index in [2.05, 4.69) is 5.32 Å². The van der Waals surface area contributed by atoms with E-state index in [1.807, 2.05) is 43.0 Å². The van der Waals surface area contributed by atoms with Crippen LogP contribution in [0, 0.1) is 0 Å². The Morgan fingerprint density at radius 1 is 1.12 bits per heavy atom. The highest BCUT2D eigenvalue weighted by atomic mass is 16.5. The average Bonchev–Trinajstić information content (AvgIpc) is 2.85. The van der Waals surface area contributed by atoms with Crippen LogP contribution in [0.15, 0.2) is 24.3 Å². The number of nitrogens with zero attached hydrogens (tertiary/aromatic N) is 1. The summed E-state index contributed by atoms with van der Waals surface area (Å²) < 4.78 is 5.60. The van der Waals surface area contributed by atoms with Crippen molar-refractivity contribution in [2.75, 3.05) is 11.9 Å². The number of ether oxygens (including phenoxy) is 1. The van der Waals surface area contributed by atoms with E-state index < -0.39 is 0 Å². The van der Waals surface area contributed by atoms with E-state index >= 15 is 0 Å². The zero-order valence-electron chi connectivity index (χ0n) is 16.3. The van der Waals surface area contributed by atoms with Crippen molar-refractivity contribution >= 4 is 17.5 Å². The molecule has 1 aromatic rings. The number of benzene rings is 1. The van der Waals surface area contributed by atoms with Crippen molar-refractivity contribution in [1.29, 1.82) is 0 Å². The summed E-state index contributed by atoms with van der Waals surface area (Å²) in [6.45, 7) is 6.05. The summed E-state index contributed by atoms with van der Waals surface area (Å²) >= 11 is 0. The van der Waals surface area contributed by atoms with Crippen molar-refractivity contribution in [3.8, 4) is 5.75 Å². The standard InChI is InChI=1S/C21H32N2O3/c1-16(2)26-20-12-10-18(11-13-20)22-21(25)14-15-23(17(3)24)19-8-6-4-5-7-9-19/h10-13,16,19H,4-9,14-15H2,1-3H3,(H,22,25). The second kappa shape index (κ2) is 10.2. The molecule has 1 fully saturated rings. The van der Waals surface area contributed by atoms with Gasteiger partial charge in [-0.15, -0.1) is 0 Å². The van der Waals surface area contributed by atoms with Crippen LogP contribution in [0.25, 0.3) is 0 Å². The van der Waals surface area contributed by atoms with Crippen molar-refractivity contribution in [2.24, 2.45) is 0 Å². The third kappa shape index (κ3) is 6.70. The molecule has 0 radical (unpaired) electrons. The quantitative estimate of drug-likeness (QED) is 0.734. The van der Waals surface area contributed by atoms with E-state index in [4.69, 9.17) is 4.74 Å². The molecule has 0 atom stereocenters. The van der Waals surface area contributed by atoms with Crippen molar-refractivity contribution in [3.05, 3.63) is 24.3 Å². The van der Waals surface area contributed by atoms with E-state index in [-0.39, 0.29) is 24.0 Å². The maximum absolute atomic E-state index is 12.3. The lowest BCUT2D eigenvalue weighted by atomic mass is 10.1. The topological polar surface area (TPSA) is 58.6 Å². The number of anilines is 1. The lowest BCUT2D eigenvalue weighted by Crippen LogP contribution is -2.40. The number of carbonyl (C=O) groups is 2. The molecule has 5 heteroatoms. The Hall–Kier alpha value is -2.04. The molecule has 0 heterocycles. The van der Waals surface area contributed by atoms with Gasteiger partial charge in [0.2, 0.25) is 11.8 Å². The Bertz CT molecular complexity index is 575. The van der Waals surface area contributed by atoms with Crippen LogP contribution in [0.5, 0.6) is 5.75 Å². The van der Waals surface area contributed by atoms with Crippen molar-refractivity contribution in [1.82, 2.24) is 4.90 Å². The normalized spacial score (nSPS) is 15.4. The van der Waals surface area contributed by atoms with Crippen LogP contribution < -0.4 is 10.1 Å². The number of hydrogen-bond donors (Lipinski definition) is 1. The van der Waals surface area contributed by atoms with Crippen LogP contribution in [-0.4, -0.2) is 35.4 Å². The van der Waals surface area contributed by atoms with Crippen LogP contribution in [0.3, 0.4) is 0 Å². The van der Waals surface area contributed by atoms with E-state index in [9.17, 15) is 9.59 Å². The molecule has 5 nitrogen and oxygen atoms in total. The summed E-state index contributed by atoms with van der Waals surface area (Å²) in [5, 5.41) is 2.90. The van der Waals surface area contributed by atoms with Crippen molar-refractivity contribution in [2.45, 2.75) is 77.9 Å². The number of nitrogens with one attached hydrogen (secondary N) is 1. The maximum Gasteiger partial charge on any atom is 0.226 e. The number of rotatable bonds is 7. The lowest BCUT2D eigenvalue weighted by Gasteiger charge is -2.30. The molecule has 0 unspecified atom stereocenters. The predicted octanol–water partition coefficient (Wildman–Crippen LogP) is 4.37. The first-order valence-electron chi connectivity index (χ1n) is 9.79. The van der Waals surface area contributed by atoms with E-state index in [0.29, 0.717) is 13.0 Å². The largest absolute Gasteiger partial charge is 0.491 e. The predicted molar refractivity (Wildman–Crippen MR) is 104 cm³/mol. The summed E-state index contributed by atoms with van der Waals surface area (Å²) in [6.07, 6.45) is 7.39. The minimum Gasteiger partial charge on any atom is -0.491 e. The highest BCUT2D eigenvalue weighted by molar-refractivity contribution is 5.91. The molecule has 0 saturated heterocycles. The van der Waals surface area contributed by atoms with Gasteiger partial charge in [0.25, 0.3) is 0 Å². The zero-order valence-corrected chi connectivity index (χ0v) is 16.3. The highest BCUT2D eigenvalue weighted by Gasteiger charge is 2.22. The minimum atomic E-state index is -0.0672. The van der Waals surface area contributed by atoms with Crippen LogP contribution in [0.2, 0.25) is 0 Å². The third-order valence-corrected chi connectivity index (χ3v) is 4.76. The van der Waals surface area contributed by atoms with E-state index in [1.165, 1.54) is 25.7 Å². The molecular weight excluding hydrogens is 328 g/mol. The second-order valence-electron chi connectivity index (χ2n) is 7.35. The molecule has 0 aliphatic heterocycles. The van der Waals surface area contributed by atoms with Gasteiger partial charge in [-0.2, -0.15) is 0 Å².